The van der Waals surface area contributed by atoms with Gasteiger partial charge in [-0.1, -0.05) is 29.8 Å². The van der Waals surface area contributed by atoms with E-state index in [-0.39, 0.29) is 37.6 Å². The first kappa shape index (κ1) is 23.8. The summed E-state index contributed by atoms with van der Waals surface area (Å²) in [5.41, 5.74) is 3.01. The van der Waals surface area contributed by atoms with Crippen LogP contribution in [-0.2, 0) is 9.59 Å². The number of hydrogen-bond donors (Lipinski definition) is 3. The first-order valence-corrected chi connectivity index (χ1v) is 11.0. The molecule has 3 amide bonds. The van der Waals surface area contributed by atoms with Gasteiger partial charge in [-0.3, -0.25) is 19.3 Å². The molecule has 0 saturated heterocycles. The van der Waals surface area contributed by atoms with E-state index in [1.165, 1.54) is 0 Å². The molecule has 0 aromatic heterocycles. The third-order valence-electron chi connectivity index (χ3n) is 5.24. The highest BCUT2D eigenvalue weighted by Crippen LogP contribution is 2.34. The van der Waals surface area contributed by atoms with Crippen LogP contribution in [0.4, 0.5) is 17.1 Å². The summed E-state index contributed by atoms with van der Waals surface area (Å²) in [6.45, 7) is 2.12. The zero-order valence-electron chi connectivity index (χ0n) is 19.5. The van der Waals surface area contributed by atoms with Crippen molar-refractivity contribution in [2.24, 2.45) is 0 Å². The number of anilines is 3. The van der Waals surface area contributed by atoms with Gasteiger partial charge in [0.2, 0.25) is 18.6 Å². The van der Waals surface area contributed by atoms with Crippen LogP contribution in [0.1, 0.15) is 15.9 Å². The monoisotopic (exact) mass is 474 g/mol. The predicted octanol–water partition coefficient (Wildman–Crippen LogP) is 3.49. The molecule has 1 aliphatic rings. The lowest BCUT2D eigenvalue weighted by Gasteiger charge is -2.17. The van der Waals surface area contributed by atoms with Crippen LogP contribution in [0.2, 0.25) is 0 Å². The first-order chi connectivity index (χ1) is 16.9. The molecule has 3 N–H and O–H groups in total. The van der Waals surface area contributed by atoms with Gasteiger partial charge in [-0.15, -0.1) is 0 Å². The fraction of sp³-hybridized carbons (Fsp3) is 0.192. The molecule has 9 heteroatoms. The lowest BCUT2D eigenvalue weighted by atomic mass is 10.1. The molecule has 0 aliphatic carbocycles. The van der Waals surface area contributed by atoms with E-state index in [1.54, 1.807) is 54.4 Å². The number of fused-ring (bicyclic) bond motifs is 1. The third-order valence-corrected chi connectivity index (χ3v) is 5.24. The summed E-state index contributed by atoms with van der Waals surface area (Å²) < 4.78 is 10.6. The van der Waals surface area contributed by atoms with Crippen molar-refractivity contribution in [2.45, 2.75) is 6.92 Å². The zero-order chi connectivity index (χ0) is 24.8. The van der Waals surface area contributed by atoms with Gasteiger partial charge in [0.25, 0.3) is 5.91 Å². The second-order valence-corrected chi connectivity index (χ2v) is 8.20. The highest BCUT2D eigenvalue weighted by molar-refractivity contribution is 6.10. The average Bonchev–Trinajstić information content (AvgIpc) is 3.28. The molecule has 9 nitrogen and oxygen atoms in total. The minimum absolute atomic E-state index is 0.0283. The van der Waals surface area contributed by atoms with E-state index in [1.807, 2.05) is 31.2 Å². The highest BCUT2D eigenvalue weighted by Gasteiger charge is 2.18. The number of likely N-dealkylation sites (N-methyl/N-ethyl adjacent to an activating group) is 1. The predicted molar refractivity (Wildman–Crippen MR) is 133 cm³/mol. The summed E-state index contributed by atoms with van der Waals surface area (Å²) >= 11 is 0. The van der Waals surface area contributed by atoms with Gasteiger partial charge in [0, 0.05) is 17.4 Å². The number of nitrogens with one attached hydrogen (secondary N) is 3. The van der Waals surface area contributed by atoms with Gasteiger partial charge in [0.1, 0.15) is 0 Å². The van der Waals surface area contributed by atoms with Crippen LogP contribution in [0.15, 0.2) is 66.7 Å². The lowest BCUT2D eigenvalue weighted by Crippen LogP contribution is -2.36. The Morgan fingerprint density at radius 1 is 0.800 bits per heavy atom. The van der Waals surface area contributed by atoms with E-state index in [2.05, 4.69) is 16.0 Å². The maximum atomic E-state index is 12.9. The Bertz CT molecular complexity index is 1240. The van der Waals surface area contributed by atoms with Crippen molar-refractivity contribution in [3.63, 3.8) is 0 Å². The minimum Gasteiger partial charge on any atom is -0.454 e. The van der Waals surface area contributed by atoms with Crippen molar-refractivity contribution in [3.05, 3.63) is 77.9 Å². The van der Waals surface area contributed by atoms with Gasteiger partial charge in [-0.05, 0) is 50.4 Å². The molecule has 1 heterocycles. The van der Waals surface area contributed by atoms with Gasteiger partial charge in [0.05, 0.1) is 24.3 Å². The highest BCUT2D eigenvalue weighted by atomic mass is 16.7. The molecule has 3 aromatic rings. The van der Waals surface area contributed by atoms with E-state index in [0.717, 1.165) is 5.56 Å². The summed E-state index contributed by atoms with van der Waals surface area (Å²) in [7, 11) is 1.67. The fourth-order valence-electron chi connectivity index (χ4n) is 3.54. The fourth-order valence-corrected chi connectivity index (χ4v) is 3.54. The largest absolute Gasteiger partial charge is 0.454 e. The number of hydrogen-bond acceptors (Lipinski definition) is 6. The van der Waals surface area contributed by atoms with Gasteiger partial charge < -0.3 is 25.4 Å². The van der Waals surface area contributed by atoms with Gasteiger partial charge in [0.15, 0.2) is 11.5 Å². The van der Waals surface area contributed by atoms with Gasteiger partial charge in [-0.25, -0.2) is 0 Å². The topological polar surface area (TPSA) is 109 Å². The van der Waals surface area contributed by atoms with Crippen molar-refractivity contribution < 1.29 is 23.9 Å². The van der Waals surface area contributed by atoms with Gasteiger partial charge >= 0.3 is 0 Å². The van der Waals surface area contributed by atoms with Crippen molar-refractivity contribution in [2.75, 3.05) is 42.9 Å². The molecule has 180 valence electrons. The van der Waals surface area contributed by atoms with Crippen molar-refractivity contribution in [3.8, 4) is 11.5 Å². The van der Waals surface area contributed by atoms with Crippen molar-refractivity contribution in [1.82, 2.24) is 4.90 Å². The molecule has 0 atom stereocenters. The number of carbonyl (C=O) groups excluding carboxylic acids is 3. The average molecular weight is 475 g/mol. The second-order valence-electron chi connectivity index (χ2n) is 8.20. The Kier molecular flexibility index (Phi) is 7.27. The molecule has 0 unspecified atom stereocenters. The third kappa shape index (κ3) is 6.36. The number of rotatable bonds is 8. The van der Waals surface area contributed by atoms with Gasteiger partial charge in [-0.2, -0.15) is 0 Å². The summed E-state index contributed by atoms with van der Waals surface area (Å²) in [4.78, 5) is 39.4. The van der Waals surface area contributed by atoms with Crippen LogP contribution in [-0.4, -0.2) is 49.6 Å². The van der Waals surface area contributed by atoms with E-state index in [4.69, 9.17) is 9.47 Å². The minimum atomic E-state index is -0.384. The van der Waals surface area contributed by atoms with E-state index in [9.17, 15) is 14.4 Å². The maximum Gasteiger partial charge on any atom is 0.257 e. The number of carbonyl (C=O) groups is 3. The standard InChI is InChI=1S/C26H26N4O5/c1-17-7-9-18(10-8-17)27-24(31)14-30(2)15-25(32)29-21-6-4-3-5-20(21)26(33)28-19-11-12-22-23(13-19)35-16-34-22/h3-13H,14-16H2,1-2H3,(H,27,31)(H,28,33)(H,29,32). The number of para-hydroxylation sites is 1. The van der Waals surface area contributed by atoms with E-state index >= 15 is 0 Å². The van der Waals surface area contributed by atoms with Crippen LogP contribution in [0, 0.1) is 6.92 Å². The normalized spacial score (nSPS) is 11.7. The Morgan fingerprint density at radius 2 is 1.46 bits per heavy atom. The Hall–Kier alpha value is -4.37. The van der Waals surface area contributed by atoms with Crippen molar-refractivity contribution in [1.29, 1.82) is 0 Å². The molecule has 4 rings (SSSR count). The molecule has 0 bridgehead atoms. The SMILES string of the molecule is Cc1ccc(NC(=O)CN(C)CC(=O)Nc2ccccc2C(=O)Nc2ccc3c(c2)OCO3)cc1. The summed E-state index contributed by atoms with van der Waals surface area (Å²) in [6, 6.07) is 19.3. The summed E-state index contributed by atoms with van der Waals surface area (Å²) in [5.74, 6) is 0.211. The molecule has 0 radical (unpaired) electrons. The van der Waals surface area contributed by atoms with E-state index in [0.29, 0.717) is 34.1 Å². The first-order valence-electron chi connectivity index (χ1n) is 11.0. The lowest BCUT2D eigenvalue weighted by molar-refractivity contribution is -0.119. The number of ether oxygens (including phenoxy) is 2. The number of nitrogens with zero attached hydrogens (tertiary/aromatic N) is 1. The molecule has 3 aromatic carbocycles. The van der Waals surface area contributed by atoms with Crippen molar-refractivity contribution >= 4 is 34.8 Å². The molecule has 0 fully saturated rings. The molecular weight excluding hydrogens is 448 g/mol. The number of benzene rings is 3. The maximum absolute atomic E-state index is 12.9. The summed E-state index contributed by atoms with van der Waals surface area (Å²) in [5, 5.41) is 8.37. The molecule has 35 heavy (non-hydrogen) atoms. The molecular formula is C26H26N4O5. The number of amides is 3. The Morgan fingerprint density at radius 3 is 2.23 bits per heavy atom. The number of aryl methyl sites for hydroxylation is 1. The molecule has 1 aliphatic heterocycles. The van der Waals surface area contributed by atoms with Crippen LogP contribution >= 0.6 is 0 Å². The van der Waals surface area contributed by atoms with E-state index < -0.39 is 0 Å². The molecule has 0 spiro atoms. The Labute approximate surface area is 203 Å². The Balaban J connectivity index is 1.32. The smallest absolute Gasteiger partial charge is 0.257 e. The van der Waals surface area contributed by atoms with Crippen LogP contribution in [0.5, 0.6) is 11.5 Å². The quantitative estimate of drug-likeness (QED) is 0.461. The zero-order valence-corrected chi connectivity index (χ0v) is 19.5. The molecule has 0 saturated carbocycles. The van der Waals surface area contributed by atoms with Crippen LogP contribution in [0.3, 0.4) is 0 Å². The van der Waals surface area contributed by atoms with Crippen LogP contribution < -0.4 is 25.4 Å². The second kappa shape index (κ2) is 10.7. The van der Waals surface area contributed by atoms with Crippen LogP contribution in [0.25, 0.3) is 0 Å². The summed E-state index contributed by atoms with van der Waals surface area (Å²) in [6.07, 6.45) is 0.